The van der Waals surface area contributed by atoms with Crippen LogP contribution in [0.5, 0.6) is 0 Å². The number of rotatable bonds is 2. The molecule has 2 nitrogen and oxygen atoms in total. The van der Waals surface area contributed by atoms with Crippen LogP contribution in [0.25, 0.3) is 0 Å². The predicted molar refractivity (Wildman–Crippen MR) is 54.7 cm³/mol. The average molecular weight is 192 g/mol. The highest BCUT2D eigenvalue weighted by Crippen LogP contribution is 2.48. The van der Waals surface area contributed by atoms with E-state index >= 15 is 0 Å². The minimum Gasteiger partial charge on any atom is -0.456 e. The van der Waals surface area contributed by atoms with E-state index in [9.17, 15) is 4.79 Å². The molecule has 2 rings (SSSR count). The van der Waals surface area contributed by atoms with Crippen LogP contribution in [-0.4, -0.2) is 11.6 Å². The van der Waals surface area contributed by atoms with Gasteiger partial charge < -0.3 is 4.74 Å². The normalized spacial score (nSPS) is 39.6. The zero-order chi connectivity index (χ0) is 10.2. The van der Waals surface area contributed by atoms with Crippen LogP contribution in [0.2, 0.25) is 0 Å². The summed E-state index contributed by atoms with van der Waals surface area (Å²) >= 11 is 0. The second-order valence-corrected chi connectivity index (χ2v) is 4.43. The van der Waals surface area contributed by atoms with Crippen molar-refractivity contribution in [2.24, 2.45) is 11.8 Å². The number of ether oxygens (including phenoxy) is 1. The second kappa shape index (κ2) is 3.26. The summed E-state index contributed by atoms with van der Waals surface area (Å²) in [7, 11) is 0. The van der Waals surface area contributed by atoms with Crippen molar-refractivity contribution >= 4 is 5.97 Å². The summed E-state index contributed by atoms with van der Waals surface area (Å²) < 4.78 is 5.50. The third-order valence-electron chi connectivity index (χ3n) is 3.26. The van der Waals surface area contributed by atoms with Crippen molar-refractivity contribution in [3.8, 4) is 0 Å². The summed E-state index contributed by atoms with van der Waals surface area (Å²) in [4.78, 5) is 11.3. The molecule has 2 aliphatic carbocycles. The zero-order valence-electron chi connectivity index (χ0n) is 8.69. The highest BCUT2D eigenvalue weighted by atomic mass is 16.6. The predicted octanol–water partition coefficient (Wildman–Crippen LogP) is 2.46. The van der Waals surface area contributed by atoms with Gasteiger partial charge in [-0.05, 0) is 32.6 Å². The molecule has 14 heavy (non-hydrogen) atoms. The van der Waals surface area contributed by atoms with Gasteiger partial charge in [-0.2, -0.15) is 0 Å². The molecule has 0 amide bonds. The van der Waals surface area contributed by atoms with Crippen molar-refractivity contribution in [3.63, 3.8) is 0 Å². The van der Waals surface area contributed by atoms with E-state index in [-0.39, 0.29) is 11.6 Å². The standard InChI is InChI=1S/C12H16O2/c1-3-4-11(13)14-12(2)8-9-5-6-10(12)7-9/h3-6,9-10H,7-8H2,1-2H3/b4-3+. The first-order valence-corrected chi connectivity index (χ1v) is 5.18. The van der Waals surface area contributed by atoms with E-state index in [2.05, 4.69) is 12.2 Å². The van der Waals surface area contributed by atoms with Crippen LogP contribution in [0, 0.1) is 11.8 Å². The smallest absolute Gasteiger partial charge is 0.330 e. The molecule has 2 bridgehead atoms. The molecule has 3 atom stereocenters. The molecule has 0 spiro atoms. The maximum absolute atomic E-state index is 11.3. The van der Waals surface area contributed by atoms with E-state index < -0.39 is 0 Å². The molecule has 0 aromatic rings. The van der Waals surface area contributed by atoms with Crippen LogP contribution >= 0.6 is 0 Å². The van der Waals surface area contributed by atoms with Crippen LogP contribution in [0.3, 0.4) is 0 Å². The molecule has 0 radical (unpaired) electrons. The minimum atomic E-state index is -0.254. The number of hydrogen-bond acceptors (Lipinski definition) is 2. The Bertz CT molecular complexity index is 303. The van der Waals surface area contributed by atoms with E-state index in [1.165, 1.54) is 6.08 Å². The summed E-state index contributed by atoms with van der Waals surface area (Å²) in [6, 6.07) is 0. The molecule has 76 valence electrons. The van der Waals surface area contributed by atoms with Gasteiger partial charge in [0.1, 0.15) is 5.60 Å². The summed E-state index contributed by atoms with van der Waals surface area (Å²) in [6.45, 7) is 3.87. The molecule has 0 heterocycles. The van der Waals surface area contributed by atoms with E-state index in [0.717, 1.165) is 12.8 Å². The van der Waals surface area contributed by atoms with Crippen LogP contribution in [0.15, 0.2) is 24.3 Å². The average Bonchev–Trinajstić information content (AvgIpc) is 2.62. The van der Waals surface area contributed by atoms with E-state index in [4.69, 9.17) is 4.74 Å². The minimum absolute atomic E-state index is 0.212. The van der Waals surface area contributed by atoms with Crippen molar-refractivity contribution in [2.45, 2.75) is 32.3 Å². The summed E-state index contributed by atoms with van der Waals surface area (Å²) in [5, 5.41) is 0. The summed E-state index contributed by atoms with van der Waals surface area (Å²) in [5.41, 5.74) is -0.254. The van der Waals surface area contributed by atoms with Crippen molar-refractivity contribution < 1.29 is 9.53 Å². The molecule has 1 saturated carbocycles. The Balaban J connectivity index is 2.04. The number of esters is 1. The van der Waals surface area contributed by atoms with Crippen molar-refractivity contribution in [3.05, 3.63) is 24.3 Å². The number of carbonyl (C=O) groups is 1. The number of allylic oxidation sites excluding steroid dienone is 2. The molecule has 0 aromatic carbocycles. The van der Waals surface area contributed by atoms with Crippen LogP contribution in [0.1, 0.15) is 26.7 Å². The number of carbonyl (C=O) groups excluding carboxylic acids is 1. The van der Waals surface area contributed by atoms with Crippen molar-refractivity contribution in [2.75, 3.05) is 0 Å². The van der Waals surface area contributed by atoms with Crippen molar-refractivity contribution in [1.82, 2.24) is 0 Å². The van der Waals surface area contributed by atoms with Crippen LogP contribution in [-0.2, 0) is 9.53 Å². The van der Waals surface area contributed by atoms with Gasteiger partial charge >= 0.3 is 5.97 Å². The molecule has 1 fully saturated rings. The Morgan fingerprint density at radius 3 is 2.86 bits per heavy atom. The Labute approximate surface area is 84.6 Å². The van der Waals surface area contributed by atoms with E-state index in [1.807, 2.05) is 13.8 Å². The molecule has 0 N–H and O–H groups in total. The van der Waals surface area contributed by atoms with Gasteiger partial charge in [-0.15, -0.1) is 0 Å². The molecule has 2 heteroatoms. The number of hydrogen-bond donors (Lipinski definition) is 0. The lowest BCUT2D eigenvalue weighted by molar-refractivity contribution is -0.154. The number of fused-ring (bicyclic) bond motifs is 2. The zero-order valence-corrected chi connectivity index (χ0v) is 8.69. The Morgan fingerprint density at radius 2 is 2.36 bits per heavy atom. The SMILES string of the molecule is C/C=C/C(=O)OC1(C)CC2C=CC1C2. The Morgan fingerprint density at radius 1 is 1.57 bits per heavy atom. The van der Waals surface area contributed by atoms with Gasteiger partial charge in [0.05, 0.1) is 0 Å². The lowest BCUT2D eigenvalue weighted by Gasteiger charge is -2.30. The molecule has 0 aliphatic heterocycles. The van der Waals surface area contributed by atoms with Gasteiger partial charge in [0.2, 0.25) is 0 Å². The van der Waals surface area contributed by atoms with Gasteiger partial charge in [0.25, 0.3) is 0 Å². The molecular weight excluding hydrogens is 176 g/mol. The van der Waals surface area contributed by atoms with Gasteiger partial charge in [0, 0.05) is 12.0 Å². The Kier molecular flexibility index (Phi) is 2.22. The largest absolute Gasteiger partial charge is 0.456 e. The highest BCUT2D eigenvalue weighted by molar-refractivity contribution is 5.82. The maximum atomic E-state index is 11.3. The maximum Gasteiger partial charge on any atom is 0.330 e. The third kappa shape index (κ3) is 1.49. The monoisotopic (exact) mass is 192 g/mol. The first kappa shape index (κ1) is 9.50. The molecule has 2 aliphatic rings. The summed E-state index contributed by atoms with van der Waals surface area (Å²) in [6.07, 6.45) is 9.78. The highest BCUT2D eigenvalue weighted by Gasteiger charge is 2.47. The fraction of sp³-hybridized carbons (Fsp3) is 0.583. The fourth-order valence-electron chi connectivity index (χ4n) is 2.57. The molecule has 0 aromatic heterocycles. The molecule has 0 saturated heterocycles. The fourth-order valence-corrected chi connectivity index (χ4v) is 2.57. The first-order valence-electron chi connectivity index (χ1n) is 5.18. The lowest BCUT2D eigenvalue weighted by Crippen LogP contribution is -2.35. The molecular formula is C12H16O2. The van der Waals surface area contributed by atoms with Crippen molar-refractivity contribution in [1.29, 1.82) is 0 Å². The van der Waals surface area contributed by atoms with E-state index in [0.29, 0.717) is 11.8 Å². The van der Waals surface area contributed by atoms with Gasteiger partial charge in [-0.3, -0.25) is 0 Å². The summed E-state index contributed by atoms with van der Waals surface area (Å²) in [5.74, 6) is 0.848. The van der Waals surface area contributed by atoms with Gasteiger partial charge in [-0.1, -0.05) is 18.2 Å². The second-order valence-electron chi connectivity index (χ2n) is 4.43. The topological polar surface area (TPSA) is 26.3 Å². The first-order chi connectivity index (χ1) is 6.64. The van der Waals surface area contributed by atoms with Gasteiger partial charge in [-0.25, -0.2) is 4.79 Å². The van der Waals surface area contributed by atoms with E-state index in [1.54, 1.807) is 6.08 Å². The van der Waals surface area contributed by atoms with Crippen LogP contribution in [0.4, 0.5) is 0 Å². The quantitative estimate of drug-likeness (QED) is 0.381. The Hall–Kier alpha value is -1.05. The van der Waals surface area contributed by atoms with Crippen LogP contribution < -0.4 is 0 Å². The third-order valence-corrected chi connectivity index (χ3v) is 3.26. The lowest BCUT2D eigenvalue weighted by atomic mass is 9.90. The molecule has 3 unspecified atom stereocenters. The van der Waals surface area contributed by atoms with Gasteiger partial charge in [0.15, 0.2) is 0 Å².